The summed E-state index contributed by atoms with van der Waals surface area (Å²) >= 11 is 1.48. The molecule has 17 heavy (non-hydrogen) atoms. The highest BCUT2D eigenvalue weighted by molar-refractivity contribution is 7.98. The van der Waals surface area contributed by atoms with Gasteiger partial charge < -0.3 is 5.32 Å². The number of anilines is 2. The second kappa shape index (κ2) is 5.14. The molecule has 0 saturated carbocycles. The largest absolute Gasteiger partial charge is 0.339 e. The molecule has 0 bridgehead atoms. The van der Waals surface area contributed by atoms with Gasteiger partial charge in [-0.15, -0.1) is 10.2 Å². The number of nitrogens with zero attached hydrogens (tertiary/aromatic N) is 3. The molecule has 88 valence electrons. The van der Waals surface area contributed by atoms with Crippen LogP contribution in [0.1, 0.15) is 11.3 Å². The number of hydrogen-bond donors (Lipinski definition) is 1. The van der Waals surface area contributed by atoms with Crippen LogP contribution in [-0.4, -0.2) is 21.4 Å². The van der Waals surface area contributed by atoms with Crippen LogP contribution in [0.25, 0.3) is 0 Å². The maximum Gasteiger partial charge on any atom is 0.210 e. The van der Waals surface area contributed by atoms with Gasteiger partial charge in [0.25, 0.3) is 0 Å². The third kappa shape index (κ3) is 2.94. The summed E-state index contributed by atoms with van der Waals surface area (Å²) in [4.78, 5) is 4.39. The van der Waals surface area contributed by atoms with Crippen molar-refractivity contribution in [3.05, 3.63) is 35.5 Å². The Morgan fingerprint density at radius 3 is 2.41 bits per heavy atom. The first-order valence-electron chi connectivity index (χ1n) is 5.28. The highest BCUT2D eigenvalue weighted by Gasteiger charge is 2.04. The molecule has 2 aromatic rings. The molecule has 0 radical (unpaired) electrons. The van der Waals surface area contributed by atoms with Crippen molar-refractivity contribution < 1.29 is 0 Å². The molecular weight excluding hydrogens is 232 g/mol. The van der Waals surface area contributed by atoms with Gasteiger partial charge in [0.2, 0.25) is 5.16 Å². The Hall–Kier alpha value is -1.62. The summed E-state index contributed by atoms with van der Waals surface area (Å²) in [7, 11) is 0. The third-order valence-electron chi connectivity index (χ3n) is 2.33. The van der Waals surface area contributed by atoms with Gasteiger partial charge in [-0.3, -0.25) is 0 Å². The Kier molecular flexibility index (Phi) is 3.58. The third-order valence-corrected chi connectivity index (χ3v) is 2.87. The molecule has 0 fully saturated rings. The number of benzene rings is 1. The molecule has 1 aromatic heterocycles. The van der Waals surface area contributed by atoms with E-state index in [4.69, 9.17) is 0 Å². The number of nitrogens with one attached hydrogen (secondary N) is 1. The maximum atomic E-state index is 4.39. The average Bonchev–Trinajstić information content (AvgIpc) is 2.35. The van der Waals surface area contributed by atoms with Crippen LogP contribution in [0.5, 0.6) is 0 Å². The zero-order valence-electron chi connectivity index (χ0n) is 10.1. The van der Waals surface area contributed by atoms with Gasteiger partial charge in [0.15, 0.2) is 5.82 Å². The van der Waals surface area contributed by atoms with Crippen LogP contribution in [0.4, 0.5) is 11.5 Å². The summed E-state index contributed by atoms with van der Waals surface area (Å²) in [6, 6.07) is 8.16. The smallest absolute Gasteiger partial charge is 0.210 e. The lowest BCUT2D eigenvalue weighted by molar-refractivity contribution is 0.821. The van der Waals surface area contributed by atoms with E-state index >= 15 is 0 Å². The summed E-state index contributed by atoms with van der Waals surface area (Å²) < 4.78 is 0. The summed E-state index contributed by atoms with van der Waals surface area (Å²) in [5.41, 5.74) is 3.03. The first kappa shape index (κ1) is 11.9. The molecule has 0 unspecified atom stereocenters. The molecule has 1 N–H and O–H groups in total. The molecule has 5 heteroatoms. The molecule has 0 aliphatic carbocycles. The Balaban J connectivity index is 2.25. The van der Waals surface area contributed by atoms with Crippen molar-refractivity contribution in [3.63, 3.8) is 0 Å². The van der Waals surface area contributed by atoms with Gasteiger partial charge in [0.05, 0.1) is 0 Å². The van der Waals surface area contributed by atoms with E-state index in [1.165, 1.54) is 17.3 Å². The van der Waals surface area contributed by atoms with Crippen molar-refractivity contribution in [2.24, 2.45) is 0 Å². The van der Waals surface area contributed by atoms with E-state index in [-0.39, 0.29) is 0 Å². The minimum Gasteiger partial charge on any atom is -0.339 e. The minimum atomic E-state index is 0.671. The van der Waals surface area contributed by atoms with E-state index in [2.05, 4.69) is 39.6 Å². The predicted molar refractivity (Wildman–Crippen MR) is 70.8 cm³/mol. The fourth-order valence-electron chi connectivity index (χ4n) is 1.34. The van der Waals surface area contributed by atoms with Crippen molar-refractivity contribution >= 4 is 23.3 Å². The molecule has 0 amide bonds. The van der Waals surface area contributed by atoms with Crippen LogP contribution in [0, 0.1) is 13.8 Å². The van der Waals surface area contributed by atoms with Gasteiger partial charge in [0, 0.05) is 5.69 Å². The first-order valence-corrected chi connectivity index (χ1v) is 6.50. The molecule has 4 nitrogen and oxygen atoms in total. The Morgan fingerprint density at radius 2 is 1.76 bits per heavy atom. The van der Waals surface area contributed by atoms with E-state index in [9.17, 15) is 0 Å². The van der Waals surface area contributed by atoms with Gasteiger partial charge in [-0.2, -0.15) is 0 Å². The maximum absolute atomic E-state index is 4.39. The Labute approximate surface area is 105 Å². The summed E-state index contributed by atoms with van der Waals surface area (Å²) in [6.07, 6.45) is 1.93. The normalized spacial score (nSPS) is 10.3. The van der Waals surface area contributed by atoms with Gasteiger partial charge in [-0.25, -0.2) is 4.98 Å². The van der Waals surface area contributed by atoms with Gasteiger partial charge in [-0.05, 0) is 32.2 Å². The fourth-order valence-corrected chi connectivity index (χ4v) is 1.65. The fraction of sp³-hybridized carbons (Fsp3) is 0.250. The van der Waals surface area contributed by atoms with E-state index < -0.39 is 0 Å². The second-order valence-corrected chi connectivity index (χ2v) is 4.50. The molecule has 1 aromatic carbocycles. The SMILES string of the molecule is CSc1nnc(C)c(Nc2ccc(C)cc2)n1. The molecule has 0 aliphatic heterocycles. The summed E-state index contributed by atoms with van der Waals surface area (Å²) in [5.74, 6) is 0.758. The molecule has 0 saturated heterocycles. The average molecular weight is 246 g/mol. The van der Waals surface area contributed by atoms with Crippen molar-refractivity contribution in [2.75, 3.05) is 11.6 Å². The van der Waals surface area contributed by atoms with E-state index in [1.54, 1.807) is 0 Å². The summed E-state index contributed by atoms with van der Waals surface area (Å²) in [6.45, 7) is 3.95. The second-order valence-electron chi connectivity index (χ2n) is 3.72. The summed E-state index contributed by atoms with van der Waals surface area (Å²) in [5, 5.41) is 12.0. The number of thioether (sulfide) groups is 1. The zero-order valence-corrected chi connectivity index (χ0v) is 10.9. The number of aryl methyl sites for hydroxylation is 2. The molecule has 0 aliphatic rings. The molecule has 0 atom stereocenters. The molecule has 0 spiro atoms. The Bertz CT molecular complexity index is 510. The zero-order chi connectivity index (χ0) is 12.3. The lowest BCUT2D eigenvalue weighted by Crippen LogP contribution is -2.02. The van der Waals surface area contributed by atoms with E-state index in [0.717, 1.165) is 17.2 Å². The predicted octanol–water partition coefficient (Wildman–Crippen LogP) is 2.95. The van der Waals surface area contributed by atoms with Crippen molar-refractivity contribution in [3.8, 4) is 0 Å². The van der Waals surface area contributed by atoms with Crippen LogP contribution in [0.3, 0.4) is 0 Å². The monoisotopic (exact) mass is 246 g/mol. The van der Waals surface area contributed by atoms with Crippen LogP contribution in [0.2, 0.25) is 0 Å². The molecular formula is C12H14N4S. The number of hydrogen-bond acceptors (Lipinski definition) is 5. The quantitative estimate of drug-likeness (QED) is 0.844. The standard InChI is InChI=1S/C12H14N4S/c1-8-4-6-10(7-5-8)13-11-9(2)15-16-12(14-11)17-3/h4-7H,1-3H3,(H,13,14,16). The lowest BCUT2D eigenvalue weighted by Gasteiger charge is -2.08. The highest BCUT2D eigenvalue weighted by atomic mass is 32.2. The van der Waals surface area contributed by atoms with Crippen molar-refractivity contribution in [2.45, 2.75) is 19.0 Å². The molecule has 1 heterocycles. The van der Waals surface area contributed by atoms with Gasteiger partial charge in [-0.1, -0.05) is 29.5 Å². The van der Waals surface area contributed by atoms with Crippen molar-refractivity contribution in [1.29, 1.82) is 0 Å². The molecule has 2 rings (SSSR count). The van der Waals surface area contributed by atoms with Crippen LogP contribution in [0.15, 0.2) is 29.4 Å². The van der Waals surface area contributed by atoms with Crippen molar-refractivity contribution in [1.82, 2.24) is 15.2 Å². The van der Waals surface area contributed by atoms with Gasteiger partial charge >= 0.3 is 0 Å². The van der Waals surface area contributed by atoms with Crippen LogP contribution < -0.4 is 5.32 Å². The first-order chi connectivity index (χ1) is 8.19. The van der Waals surface area contributed by atoms with E-state index in [0.29, 0.717) is 5.16 Å². The van der Waals surface area contributed by atoms with Crippen LogP contribution in [-0.2, 0) is 0 Å². The highest BCUT2D eigenvalue weighted by Crippen LogP contribution is 2.19. The Morgan fingerprint density at radius 1 is 1.06 bits per heavy atom. The number of aromatic nitrogens is 3. The topological polar surface area (TPSA) is 50.7 Å². The van der Waals surface area contributed by atoms with Gasteiger partial charge in [0.1, 0.15) is 5.69 Å². The van der Waals surface area contributed by atoms with Crippen LogP contribution >= 0.6 is 11.8 Å². The lowest BCUT2D eigenvalue weighted by atomic mass is 10.2. The van der Waals surface area contributed by atoms with E-state index in [1.807, 2.05) is 25.3 Å². The minimum absolute atomic E-state index is 0.671. The number of rotatable bonds is 3.